The van der Waals surface area contributed by atoms with Gasteiger partial charge >= 0.3 is 6.03 Å². The highest BCUT2D eigenvalue weighted by Gasteiger charge is 2.48. The predicted octanol–water partition coefficient (Wildman–Crippen LogP) is 2.41. The summed E-state index contributed by atoms with van der Waals surface area (Å²) in [5.74, 6) is -0.879. The molecule has 1 heterocycles. The fourth-order valence-electron chi connectivity index (χ4n) is 2.78. The molecule has 1 aliphatic heterocycles. The molecule has 1 fully saturated rings. The third kappa shape index (κ3) is 3.08. The molecule has 3 N–H and O–H groups in total. The molecule has 0 unspecified atom stereocenters. The molecule has 128 valence electrons. The number of imide groups is 1. The number of rotatable bonds is 4. The summed E-state index contributed by atoms with van der Waals surface area (Å²) < 4.78 is 0. The molecule has 7 heteroatoms. The molecule has 0 spiro atoms. The molecule has 1 saturated heterocycles. The van der Waals surface area contributed by atoms with E-state index in [0.29, 0.717) is 21.7 Å². The van der Waals surface area contributed by atoms with Crippen molar-refractivity contribution in [2.75, 3.05) is 0 Å². The van der Waals surface area contributed by atoms with Crippen LogP contribution < -0.4 is 11.1 Å². The van der Waals surface area contributed by atoms with Gasteiger partial charge in [-0.2, -0.15) is 0 Å². The molecule has 2 aromatic carbocycles. The number of primary amides is 1. The van der Waals surface area contributed by atoms with Crippen molar-refractivity contribution >= 4 is 29.4 Å². The van der Waals surface area contributed by atoms with Crippen LogP contribution >= 0.6 is 11.6 Å². The van der Waals surface area contributed by atoms with Crippen LogP contribution in [0.25, 0.3) is 0 Å². The van der Waals surface area contributed by atoms with Gasteiger partial charge in [-0.3, -0.25) is 14.5 Å². The van der Waals surface area contributed by atoms with Crippen LogP contribution in [0.3, 0.4) is 0 Å². The summed E-state index contributed by atoms with van der Waals surface area (Å²) in [4.78, 5) is 37.4. The first-order valence-corrected chi connectivity index (χ1v) is 7.98. The van der Waals surface area contributed by atoms with Gasteiger partial charge in [0, 0.05) is 10.6 Å². The number of nitrogens with zero attached hydrogens (tertiary/aromatic N) is 1. The van der Waals surface area contributed by atoms with Gasteiger partial charge in [-0.25, -0.2) is 4.79 Å². The molecular formula is C18H16ClN3O3. The Balaban J connectivity index is 1.83. The van der Waals surface area contributed by atoms with Crippen molar-refractivity contribution in [2.45, 2.75) is 19.0 Å². The maximum atomic E-state index is 12.8. The molecule has 0 radical (unpaired) electrons. The standard InChI is InChI=1S/C18H16ClN3O3/c1-18(13-6-8-14(19)9-7-13)16(24)22(17(25)21-18)10-11-2-4-12(5-3-11)15(20)23/h2-9H,10H2,1H3,(H2,20,23)(H,21,25)/t18-/m1/s1. The molecule has 1 atom stereocenters. The summed E-state index contributed by atoms with van der Waals surface area (Å²) in [7, 11) is 0. The van der Waals surface area contributed by atoms with Crippen LogP contribution in [0.15, 0.2) is 48.5 Å². The van der Waals surface area contributed by atoms with Gasteiger partial charge in [-0.05, 0) is 42.3 Å². The summed E-state index contributed by atoms with van der Waals surface area (Å²) in [6, 6.07) is 12.8. The Morgan fingerprint density at radius 1 is 1.12 bits per heavy atom. The fraction of sp³-hybridized carbons (Fsp3) is 0.167. The maximum absolute atomic E-state index is 12.8. The Morgan fingerprint density at radius 2 is 1.72 bits per heavy atom. The Labute approximate surface area is 149 Å². The fourth-order valence-corrected chi connectivity index (χ4v) is 2.90. The van der Waals surface area contributed by atoms with Crippen molar-refractivity contribution in [1.82, 2.24) is 10.2 Å². The van der Waals surface area contributed by atoms with Crippen LogP contribution in [0.4, 0.5) is 4.79 Å². The van der Waals surface area contributed by atoms with E-state index in [9.17, 15) is 14.4 Å². The third-order valence-electron chi connectivity index (χ3n) is 4.28. The lowest BCUT2D eigenvalue weighted by Crippen LogP contribution is -2.40. The van der Waals surface area contributed by atoms with Crippen molar-refractivity contribution in [3.63, 3.8) is 0 Å². The van der Waals surface area contributed by atoms with Gasteiger partial charge in [-0.1, -0.05) is 35.9 Å². The monoisotopic (exact) mass is 357 g/mol. The Hall–Kier alpha value is -2.86. The topological polar surface area (TPSA) is 92.5 Å². The molecular weight excluding hydrogens is 342 g/mol. The van der Waals surface area contributed by atoms with Crippen molar-refractivity contribution in [2.24, 2.45) is 5.73 Å². The zero-order chi connectivity index (χ0) is 18.2. The van der Waals surface area contributed by atoms with Gasteiger partial charge in [-0.15, -0.1) is 0 Å². The largest absolute Gasteiger partial charge is 0.366 e. The molecule has 1 aliphatic rings. The van der Waals surface area contributed by atoms with E-state index >= 15 is 0 Å². The molecule has 0 bridgehead atoms. The van der Waals surface area contributed by atoms with Crippen LogP contribution in [0.1, 0.15) is 28.4 Å². The number of nitrogens with two attached hydrogens (primary N) is 1. The molecule has 25 heavy (non-hydrogen) atoms. The molecule has 3 rings (SSSR count). The Bertz CT molecular complexity index is 849. The predicted molar refractivity (Wildman–Crippen MR) is 92.8 cm³/mol. The van der Waals surface area contributed by atoms with Crippen LogP contribution in [-0.4, -0.2) is 22.7 Å². The minimum Gasteiger partial charge on any atom is -0.366 e. The first-order valence-electron chi connectivity index (χ1n) is 7.60. The quantitative estimate of drug-likeness (QED) is 0.823. The summed E-state index contributed by atoms with van der Waals surface area (Å²) in [6.45, 7) is 1.76. The number of amides is 4. The van der Waals surface area contributed by atoms with E-state index in [0.717, 1.165) is 4.90 Å². The first-order chi connectivity index (χ1) is 11.8. The second-order valence-electron chi connectivity index (χ2n) is 6.01. The van der Waals surface area contributed by atoms with E-state index in [1.165, 1.54) is 0 Å². The van der Waals surface area contributed by atoms with E-state index in [1.807, 2.05) is 0 Å². The van der Waals surface area contributed by atoms with Crippen molar-refractivity contribution in [1.29, 1.82) is 0 Å². The highest BCUT2D eigenvalue weighted by molar-refractivity contribution is 6.30. The molecule has 0 aromatic heterocycles. The van der Waals surface area contributed by atoms with Gasteiger partial charge in [0.15, 0.2) is 0 Å². The van der Waals surface area contributed by atoms with Crippen molar-refractivity contribution in [3.8, 4) is 0 Å². The van der Waals surface area contributed by atoms with E-state index in [2.05, 4.69) is 5.32 Å². The summed E-state index contributed by atoms with van der Waals surface area (Å²) in [5.41, 5.74) is 5.80. The van der Waals surface area contributed by atoms with Gasteiger partial charge in [0.1, 0.15) is 5.54 Å². The van der Waals surface area contributed by atoms with Crippen LogP contribution in [0, 0.1) is 0 Å². The van der Waals surface area contributed by atoms with Gasteiger partial charge < -0.3 is 11.1 Å². The number of hydrogen-bond acceptors (Lipinski definition) is 3. The Kier molecular flexibility index (Phi) is 4.22. The molecule has 0 aliphatic carbocycles. The lowest BCUT2D eigenvalue weighted by Gasteiger charge is -2.22. The lowest BCUT2D eigenvalue weighted by atomic mass is 9.92. The second-order valence-corrected chi connectivity index (χ2v) is 6.45. The van der Waals surface area contributed by atoms with Crippen molar-refractivity contribution in [3.05, 3.63) is 70.2 Å². The molecule has 0 saturated carbocycles. The van der Waals surface area contributed by atoms with Gasteiger partial charge in [0.25, 0.3) is 5.91 Å². The van der Waals surface area contributed by atoms with E-state index in [4.69, 9.17) is 17.3 Å². The number of carbonyl (C=O) groups is 3. The number of carbonyl (C=O) groups excluding carboxylic acids is 3. The van der Waals surface area contributed by atoms with Gasteiger partial charge in [0.05, 0.1) is 6.54 Å². The Morgan fingerprint density at radius 3 is 2.28 bits per heavy atom. The van der Waals surface area contributed by atoms with Gasteiger partial charge in [0.2, 0.25) is 5.91 Å². The normalized spacial score (nSPS) is 19.8. The van der Waals surface area contributed by atoms with E-state index in [1.54, 1.807) is 55.5 Å². The summed E-state index contributed by atoms with van der Waals surface area (Å²) in [5, 5.41) is 3.29. The zero-order valence-corrected chi connectivity index (χ0v) is 14.2. The van der Waals surface area contributed by atoms with Crippen LogP contribution in [0.2, 0.25) is 5.02 Å². The number of hydrogen-bond donors (Lipinski definition) is 2. The van der Waals surface area contributed by atoms with Crippen molar-refractivity contribution < 1.29 is 14.4 Å². The zero-order valence-electron chi connectivity index (χ0n) is 13.5. The average Bonchev–Trinajstić information content (AvgIpc) is 2.80. The molecule has 4 amide bonds. The third-order valence-corrected chi connectivity index (χ3v) is 4.53. The highest BCUT2D eigenvalue weighted by atomic mass is 35.5. The first kappa shape index (κ1) is 17.0. The van der Waals surface area contributed by atoms with E-state index in [-0.39, 0.29) is 12.5 Å². The minimum atomic E-state index is -1.14. The smallest absolute Gasteiger partial charge is 0.325 e. The molecule has 2 aromatic rings. The lowest BCUT2D eigenvalue weighted by molar-refractivity contribution is -0.131. The minimum absolute atomic E-state index is 0.104. The highest BCUT2D eigenvalue weighted by Crippen LogP contribution is 2.30. The number of halogens is 1. The van der Waals surface area contributed by atoms with Crippen LogP contribution in [0.5, 0.6) is 0 Å². The van der Waals surface area contributed by atoms with E-state index < -0.39 is 17.5 Å². The number of nitrogens with one attached hydrogen (secondary N) is 1. The van der Waals surface area contributed by atoms with Crippen LogP contribution in [-0.2, 0) is 16.9 Å². The number of benzene rings is 2. The maximum Gasteiger partial charge on any atom is 0.325 e. The SMILES string of the molecule is C[C@]1(c2ccc(Cl)cc2)NC(=O)N(Cc2ccc(C(N)=O)cc2)C1=O. The second kappa shape index (κ2) is 6.22. The average molecular weight is 358 g/mol. The summed E-state index contributed by atoms with van der Waals surface area (Å²) in [6.07, 6.45) is 0. The number of urea groups is 1. The summed E-state index contributed by atoms with van der Waals surface area (Å²) >= 11 is 5.88. The molecule has 6 nitrogen and oxygen atoms in total.